The van der Waals surface area contributed by atoms with E-state index in [2.05, 4.69) is 0 Å². The van der Waals surface area contributed by atoms with Crippen molar-refractivity contribution in [2.45, 2.75) is 50.0 Å². The van der Waals surface area contributed by atoms with E-state index in [1.165, 1.54) is 13.2 Å². The second-order valence-corrected chi connectivity index (χ2v) is 7.39. The predicted molar refractivity (Wildman–Crippen MR) is 89.4 cm³/mol. The van der Waals surface area contributed by atoms with E-state index in [9.17, 15) is 30.0 Å². The van der Waals surface area contributed by atoms with Crippen molar-refractivity contribution >= 4 is 11.9 Å². The highest BCUT2D eigenvalue weighted by Crippen LogP contribution is 2.48. The van der Waals surface area contributed by atoms with Crippen molar-refractivity contribution in [1.82, 2.24) is 0 Å². The van der Waals surface area contributed by atoms with Gasteiger partial charge in [-0.2, -0.15) is 0 Å². The van der Waals surface area contributed by atoms with Crippen LogP contribution in [0.3, 0.4) is 0 Å². The number of ether oxygens (including phenoxy) is 5. The van der Waals surface area contributed by atoms with Gasteiger partial charge in [0.05, 0.1) is 24.4 Å². The van der Waals surface area contributed by atoms with Crippen molar-refractivity contribution in [1.29, 1.82) is 0 Å². The molecule has 4 N–H and O–H groups in total. The molecule has 0 aromatic heterocycles. The summed E-state index contributed by atoms with van der Waals surface area (Å²) in [5, 5.41) is 39.0. The molecule has 0 radical (unpaired) electrons. The lowest BCUT2D eigenvalue weighted by Gasteiger charge is -2.39. The van der Waals surface area contributed by atoms with Crippen LogP contribution in [0.4, 0.5) is 0 Å². The van der Waals surface area contributed by atoms with E-state index >= 15 is 0 Å². The Labute approximate surface area is 165 Å². The number of aliphatic hydroxyl groups is 4. The molecule has 11 nitrogen and oxygen atoms in total. The fraction of sp³-hybridized carbons (Fsp3) is 0.667. The first-order valence-electron chi connectivity index (χ1n) is 9.17. The van der Waals surface area contributed by atoms with E-state index < -0.39 is 61.0 Å². The molecule has 9 unspecified atom stereocenters. The van der Waals surface area contributed by atoms with E-state index in [1.807, 2.05) is 0 Å². The molecule has 4 rings (SSSR count). The van der Waals surface area contributed by atoms with Crippen molar-refractivity contribution in [3.63, 3.8) is 0 Å². The van der Waals surface area contributed by atoms with Crippen LogP contribution in [0.2, 0.25) is 0 Å². The van der Waals surface area contributed by atoms with Crippen LogP contribution in [0.1, 0.15) is 6.92 Å². The van der Waals surface area contributed by atoms with Gasteiger partial charge in [0.1, 0.15) is 37.1 Å². The summed E-state index contributed by atoms with van der Waals surface area (Å²) >= 11 is 0. The standard InChI is InChI=1S/C18H22O11/c1-6(19)25-3-7-2-9-12-8(16(23)28-9)4-26-18(11(7)12)27-5-10-13(20)14(21)15(22)17(24)29-10/h2,4,9-15,17-18,20-22,24H,3,5H2,1H3. The van der Waals surface area contributed by atoms with Crippen LogP contribution in [0.15, 0.2) is 23.5 Å². The van der Waals surface area contributed by atoms with Crippen LogP contribution in [0, 0.1) is 11.8 Å². The summed E-state index contributed by atoms with van der Waals surface area (Å²) in [6.45, 7) is 0.979. The lowest BCUT2D eigenvalue weighted by molar-refractivity contribution is -0.297. The summed E-state index contributed by atoms with van der Waals surface area (Å²) in [6.07, 6.45) is -6.02. The molecule has 0 saturated carbocycles. The van der Waals surface area contributed by atoms with E-state index in [1.54, 1.807) is 6.08 Å². The minimum absolute atomic E-state index is 0.0206. The quantitative estimate of drug-likeness (QED) is 0.283. The smallest absolute Gasteiger partial charge is 0.338 e. The molecule has 0 amide bonds. The van der Waals surface area contributed by atoms with Crippen molar-refractivity contribution in [3.8, 4) is 0 Å². The van der Waals surface area contributed by atoms with Crippen molar-refractivity contribution < 1.29 is 53.7 Å². The Morgan fingerprint density at radius 3 is 2.62 bits per heavy atom. The molecule has 0 aromatic rings. The van der Waals surface area contributed by atoms with Gasteiger partial charge in [0.25, 0.3) is 0 Å². The highest BCUT2D eigenvalue weighted by atomic mass is 16.7. The first-order chi connectivity index (χ1) is 13.8. The fourth-order valence-electron chi connectivity index (χ4n) is 4.09. The van der Waals surface area contributed by atoms with Gasteiger partial charge in [-0.15, -0.1) is 0 Å². The van der Waals surface area contributed by atoms with Crippen LogP contribution in [-0.4, -0.2) is 88.7 Å². The number of carbonyl (C=O) groups is 2. The zero-order valence-electron chi connectivity index (χ0n) is 15.4. The summed E-state index contributed by atoms with van der Waals surface area (Å²) in [5.41, 5.74) is 1.02. The lowest BCUT2D eigenvalue weighted by atomic mass is 9.84. The molecule has 2 saturated heterocycles. The molecule has 4 aliphatic rings. The third-order valence-electron chi connectivity index (χ3n) is 5.56. The number of rotatable bonds is 5. The number of esters is 2. The second-order valence-electron chi connectivity index (χ2n) is 7.39. The number of hydrogen-bond donors (Lipinski definition) is 4. The lowest BCUT2D eigenvalue weighted by Crippen LogP contribution is -2.59. The maximum Gasteiger partial charge on any atom is 0.338 e. The average Bonchev–Trinajstić information content (AvgIpc) is 3.20. The zero-order valence-corrected chi connectivity index (χ0v) is 15.4. The first kappa shape index (κ1) is 20.3. The van der Waals surface area contributed by atoms with Crippen molar-refractivity contribution in [2.75, 3.05) is 13.2 Å². The molecule has 160 valence electrons. The molecule has 3 aliphatic heterocycles. The van der Waals surface area contributed by atoms with E-state index in [4.69, 9.17) is 23.7 Å². The molecule has 1 aliphatic carbocycles. The highest BCUT2D eigenvalue weighted by molar-refractivity contribution is 5.92. The third-order valence-corrected chi connectivity index (χ3v) is 5.56. The summed E-state index contributed by atoms with van der Waals surface area (Å²) in [4.78, 5) is 23.2. The van der Waals surface area contributed by atoms with Crippen LogP contribution in [0.25, 0.3) is 0 Å². The van der Waals surface area contributed by atoms with Gasteiger partial charge < -0.3 is 44.1 Å². The molecular formula is C18H22O11. The molecule has 29 heavy (non-hydrogen) atoms. The van der Waals surface area contributed by atoms with Crippen LogP contribution >= 0.6 is 0 Å². The van der Waals surface area contributed by atoms with Gasteiger partial charge in [0.2, 0.25) is 6.29 Å². The maximum atomic E-state index is 12.0. The van der Waals surface area contributed by atoms with E-state index in [-0.39, 0.29) is 19.1 Å². The predicted octanol–water partition coefficient (Wildman–Crippen LogP) is -2.30. The number of carbonyl (C=O) groups excluding carboxylic acids is 2. The monoisotopic (exact) mass is 414 g/mol. The maximum absolute atomic E-state index is 12.0. The van der Waals surface area contributed by atoms with Gasteiger partial charge in [0.15, 0.2) is 6.29 Å². The zero-order chi connectivity index (χ0) is 20.9. The molecule has 11 heteroatoms. The van der Waals surface area contributed by atoms with Crippen molar-refractivity contribution in [3.05, 3.63) is 23.5 Å². The normalized spacial score (nSPS) is 43.1. The van der Waals surface area contributed by atoms with Gasteiger partial charge in [-0.25, -0.2) is 4.79 Å². The molecule has 9 atom stereocenters. The number of hydrogen-bond acceptors (Lipinski definition) is 11. The molecular weight excluding hydrogens is 392 g/mol. The Morgan fingerprint density at radius 1 is 1.14 bits per heavy atom. The molecule has 0 bridgehead atoms. The Bertz CT molecular complexity index is 746. The molecule has 2 fully saturated rings. The van der Waals surface area contributed by atoms with Gasteiger partial charge >= 0.3 is 11.9 Å². The van der Waals surface area contributed by atoms with Gasteiger partial charge in [-0.3, -0.25) is 4.79 Å². The molecule has 3 heterocycles. The summed E-state index contributed by atoms with van der Waals surface area (Å²) in [6, 6.07) is 0. The third kappa shape index (κ3) is 3.54. The minimum Gasteiger partial charge on any atom is -0.471 e. The molecule has 0 aromatic carbocycles. The van der Waals surface area contributed by atoms with Crippen molar-refractivity contribution in [2.24, 2.45) is 11.8 Å². The first-order valence-corrected chi connectivity index (χ1v) is 9.17. The van der Waals surface area contributed by atoms with E-state index in [0.29, 0.717) is 11.1 Å². The highest BCUT2D eigenvalue weighted by Gasteiger charge is 2.55. The van der Waals surface area contributed by atoms with Gasteiger partial charge in [0, 0.05) is 12.8 Å². The Kier molecular flexibility index (Phi) is 5.36. The van der Waals surface area contributed by atoms with Gasteiger partial charge in [-0.1, -0.05) is 0 Å². The Hall–Kier alpha value is -2.02. The number of aliphatic hydroxyl groups excluding tert-OH is 4. The Morgan fingerprint density at radius 2 is 1.90 bits per heavy atom. The summed E-state index contributed by atoms with van der Waals surface area (Å²) in [7, 11) is 0. The SMILES string of the molecule is CC(=O)OCC1=CC2OC(=O)C3=COC(OCC4OC(O)C(O)C(O)C4O)C1C32. The Balaban J connectivity index is 1.48. The minimum atomic E-state index is -1.68. The van der Waals surface area contributed by atoms with Gasteiger partial charge in [-0.05, 0) is 11.6 Å². The fourth-order valence-corrected chi connectivity index (χ4v) is 4.09. The average molecular weight is 414 g/mol. The van der Waals surface area contributed by atoms with Crippen LogP contribution in [-0.2, 0) is 33.3 Å². The largest absolute Gasteiger partial charge is 0.471 e. The second kappa shape index (κ2) is 7.67. The topological polar surface area (TPSA) is 161 Å². The summed E-state index contributed by atoms with van der Waals surface area (Å²) in [5.74, 6) is -1.79. The van der Waals surface area contributed by atoms with E-state index in [0.717, 1.165) is 0 Å². The molecule has 0 spiro atoms. The van der Waals surface area contributed by atoms with Crippen LogP contribution in [0.5, 0.6) is 0 Å². The summed E-state index contributed by atoms with van der Waals surface area (Å²) < 4.78 is 26.8. The van der Waals surface area contributed by atoms with Crippen LogP contribution < -0.4 is 0 Å².